The van der Waals surface area contributed by atoms with Crippen LogP contribution in [0.5, 0.6) is 0 Å². The van der Waals surface area contributed by atoms with Crippen molar-refractivity contribution in [3.8, 4) is 5.69 Å². The monoisotopic (exact) mass is 313 g/mol. The number of carboxylic acid groups (broad SMARTS) is 1. The number of aromatic nitrogens is 2. The summed E-state index contributed by atoms with van der Waals surface area (Å²) in [6.45, 7) is 3.66. The molecular weight excluding hydrogens is 294 g/mol. The van der Waals surface area contributed by atoms with Crippen molar-refractivity contribution in [2.45, 2.75) is 33.1 Å². The normalized spacial score (nSPS) is 13.0. The minimum atomic E-state index is -1.07. The van der Waals surface area contributed by atoms with Crippen molar-refractivity contribution in [1.82, 2.24) is 15.1 Å². The fraction of sp³-hybridized carbons (Fsp3) is 0.353. The van der Waals surface area contributed by atoms with Gasteiger partial charge in [0.1, 0.15) is 6.54 Å². The van der Waals surface area contributed by atoms with Gasteiger partial charge in [0.25, 0.3) is 5.91 Å². The van der Waals surface area contributed by atoms with Gasteiger partial charge in [-0.15, -0.1) is 0 Å². The lowest BCUT2D eigenvalue weighted by Gasteiger charge is -2.09. The predicted molar refractivity (Wildman–Crippen MR) is 85.0 cm³/mol. The number of nitrogens with one attached hydrogen (secondary N) is 1. The van der Waals surface area contributed by atoms with Crippen LogP contribution in [-0.2, 0) is 17.6 Å². The van der Waals surface area contributed by atoms with E-state index in [1.54, 1.807) is 0 Å². The zero-order valence-corrected chi connectivity index (χ0v) is 13.2. The Morgan fingerprint density at radius 1 is 1.30 bits per heavy atom. The number of carboxylic acids is 1. The van der Waals surface area contributed by atoms with Crippen LogP contribution in [0.2, 0.25) is 0 Å². The lowest BCUT2D eigenvalue weighted by molar-refractivity contribution is -0.135. The summed E-state index contributed by atoms with van der Waals surface area (Å²) < 4.78 is 1.84. The molecule has 3 rings (SSSR count). The van der Waals surface area contributed by atoms with Gasteiger partial charge in [-0.25, -0.2) is 4.68 Å². The number of fused-ring (bicyclic) bond motifs is 1. The maximum Gasteiger partial charge on any atom is 0.322 e. The molecular formula is C17H19N3O3. The van der Waals surface area contributed by atoms with Crippen molar-refractivity contribution in [3.63, 3.8) is 0 Å². The van der Waals surface area contributed by atoms with Gasteiger partial charge < -0.3 is 10.4 Å². The third-order valence-electron chi connectivity index (χ3n) is 4.13. The first-order chi connectivity index (χ1) is 11.0. The molecule has 0 atom stereocenters. The number of hydrogen-bond donors (Lipinski definition) is 2. The maximum absolute atomic E-state index is 12.2. The second-order valence-electron chi connectivity index (χ2n) is 5.91. The molecule has 1 heterocycles. The van der Waals surface area contributed by atoms with E-state index in [0.717, 1.165) is 41.8 Å². The number of carbonyl (C=O) groups is 2. The molecule has 0 spiro atoms. The van der Waals surface area contributed by atoms with Gasteiger partial charge in [-0.2, -0.15) is 5.10 Å². The highest BCUT2D eigenvalue weighted by Gasteiger charge is 2.27. The Hall–Kier alpha value is -2.63. The largest absolute Gasteiger partial charge is 0.480 e. The van der Waals surface area contributed by atoms with Gasteiger partial charge in [0.05, 0.1) is 5.69 Å². The van der Waals surface area contributed by atoms with Crippen molar-refractivity contribution in [3.05, 3.63) is 46.3 Å². The molecule has 0 bridgehead atoms. The zero-order valence-electron chi connectivity index (χ0n) is 13.2. The van der Waals surface area contributed by atoms with Gasteiger partial charge in [-0.1, -0.05) is 17.7 Å². The van der Waals surface area contributed by atoms with Crippen LogP contribution in [0.1, 0.15) is 39.3 Å². The topological polar surface area (TPSA) is 84.2 Å². The Balaban J connectivity index is 2.01. The van der Waals surface area contributed by atoms with Crippen LogP contribution in [-0.4, -0.2) is 33.3 Å². The van der Waals surface area contributed by atoms with Gasteiger partial charge in [0.2, 0.25) is 0 Å². The van der Waals surface area contributed by atoms with Gasteiger partial charge in [-0.05, 0) is 44.7 Å². The van der Waals surface area contributed by atoms with E-state index >= 15 is 0 Å². The molecule has 6 nitrogen and oxygen atoms in total. The van der Waals surface area contributed by atoms with E-state index in [2.05, 4.69) is 16.5 Å². The second kappa shape index (κ2) is 5.87. The Labute approximate surface area is 134 Å². The third kappa shape index (κ3) is 2.84. The first kappa shape index (κ1) is 15.3. The van der Waals surface area contributed by atoms with E-state index in [0.29, 0.717) is 5.69 Å². The molecule has 2 aromatic rings. The molecule has 0 saturated heterocycles. The van der Waals surface area contributed by atoms with Crippen molar-refractivity contribution < 1.29 is 14.7 Å². The summed E-state index contributed by atoms with van der Waals surface area (Å²) >= 11 is 0. The van der Waals surface area contributed by atoms with Crippen LogP contribution in [0.4, 0.5) is 0 Å². The Morgan fingerprint density at radius 2 is 2.09 bits per heavy atom. The fourth-order valence-corrected chi connectivity index (χ4v) is 3.10. The molecule has 1 amide bonds. The summed E-state index contributed by atoms with van der Waals surface area (Å²) in [5.74, 6) is -1.49. The van der Waals surface area contributed by atoms with Gasteiger partial charge in [0, 0.05) is 11.3 Å². The smallest absolute Gasteiger partial charge is 0.322 e. The Kier molecular flexibility index (Phi) is 3.90. The van der Waals surface area contributed by atoms with E-state index in [-0.39, 0.29) is 0 Å². The van der Waals surface area contributed by atoms with E-state index < -0.39 is 18.4 Å². The first-order valence-corrected chi connectivity index (χ1v) is 7.65. The molecule has 0 unspecified atom stereocenters. The average molecular weight is 313 g/mol. The van der Waals surface area contributed by atoms with Crippen molar-refractivity contribution in [1.29, 1.82) is 0 Å². The molecule has 0 saturated carbocycles. The molecule has 6 heteroatoms. The minimum Gasteiger partial charge on any atom is -0.480 e. The highest BCUT2D eigenvalue weighted by molar-refractivity contribution is 5.95. The number of nitrogens with zero attached hydrogens (tertiary/aromatic N) is 2. The molecule has 2 N–H and O–H groups in total. The van der Waals surface area contributed by atoms with Crippen molar-refractivity contribution in [2.75, 3.05) is 6.54 Å². The van der Waals surface area contributed by atoms with Crippen LogP contribution >= 0.6 is 0 Å². The molecule has 0 aliphatic heterocycles. The van der Waals surface area contributed by atoms with E-state index in [1.165, 1.54) is 5.56 Å². The quantitative estimate of drug-likeness (QED) is 0.901. The van der Waals surface area contributed by atoms with Gasteiger partial charge >= 0.3 is 5.97 Å². The summed E-state index contributed by atoms with van der Waals surface area (Å²) in [5.41, 5.74) is 5.57. The number of carbonyl (C=O) groups excluding carboxylic acids is 1. The molecule has 1 aromatic heterocycles. The lowest BCUT2D eigenvalue weighted by atomic mass is 10.1. The summed E-state index contributed by atoms with van der Waals surface area (Å²) in [6, 6.07) is 6.12. The van der Waals surface area contributed by atoms with Crippen molar-refractivity contribution in [2.24, 2.45) is 0 Å². The Bertz CT molecular complexity index is 793. The predicted octanol–water partition coefficient (Wildman–Crippen LogP) is 1.79. The fourth-order valence-electron chi connectivity index (χ4n) is 3.10. The van der Waals surface area contributed by atoms with E-state index in [9.17, 15) is 9.59 Å². The van der Waals surface area contributed by atoms with Crippen LogP contribution in [0.25, 0.3) is 5.69 Å². The van der Waals surface area contributed by atoms with E-state index in [1.807, 2.05) is 30.7 Å². The molecule has 0 fully saturated rings. The van der Waals surface area contributed by atoms with Crippen LogP contribution in [0.15, 0.2) is 18.2 Å². The summed E-state index contributed by atoms with van der Waals surface area (Å²) in [7, 11) is 0. The number of hydrogen-bond acceptors (Lipinski definition) is 3. The number of benzene rings is 1. The van der Waals surface area contributed by atoms with E-state index in [4.69, 9.17) is 5.11 Å². The standard InChI is InChI=1S/C17H19N3O3/c1-10-6-7-13(11(2)8-10)20-14-5-3-4-12(14)16(19-20)17(23)18-9-15(21)22/h6-8H,3-5,9H2,1-2H3,(H,18,23)(H,21,22). The summed E-state index contributed by atoms with van der Waals surface area (Å²) in [4.78, 5) is 22.9. The number of aryl methyl sites for hydroxylation is 2. The molecule has 23 heavy (non-hydrogen) atoms. The number of amides is 1. The van der Waals surface area contributed by atoms with Gasteiger partial charge in [0.15, 0.2) is 5.69 Å². The average Bonchev–Trinajstić information content (AvgIpc) is 3.07. The van der Waals surface area contributed by atoms with Crippen molar-refractivity contribution >= 4 is 11.9 Å². The first-order valence-electron chi connectivity index (χ1n) is 7.65. The number of aliphatic carboxylic acids is 1. The molecule has 1 aromatic carbocycles. The molecule has 1 aliphatic rings. The Morgan fingerprint density at radius 3 is 2.78 bits per heavy atom. The van der Waals surface area contributed by atoms with Gasteiger partial charge in [-0.3, -0.25) is 9.59 Å². The summed E-state index contributed by atoms with van der Waals surface area (Å²) in [6.07, 6.45) is 2.66. The van der Waals surface area contributed by atoms with Crippen LogP contribution in [0.3, 0.4) is 0 Å². The molecule has 120 valence electrons. The van der Waals surface area contributed by atoms with Crippen LogP contribution < -0.4 is 5.32 Å². The molecule has 0 radical (unpaired) electrons. The summed E-state index contributed by atoms with van der Waals surface area (Å²) in [5, 5.41) is 15.6. The zero-order chi connectivity index (χ0) is 16.6. The molecule has 1 aliphatic carbocycles. The SMILES string of the molecule is Cc1ccc(-n2nc(C(=O)NCC(=O)O)c3c2CCC3)c(C)c1. The lowest BCUT2D eigenvalue weighted by Crippen LogP contribution is -2.30. The second-order valence-corrected chi connectivity index (χ2v) is 5.91. The maximum atomic E-state index is 12.2. The minimum absolute atomic E-state index is 0.346. The third-order valence-corrected chi connectivity index (χ3v) is 4.13. The number of rotatable bonds is 4. The van der Waals surface area contributed by atoms with Crippen LogP contribution in [0, 0.1) is 13.8 Å². The highest BCUT2D eigenvalue weighted by atomic mass is 16.4. The highest BCUT2D eigenvalue weighted by Crippen LogP contribution is 2.29.